The SMILES string of the molecule is O=C(NCCCN1CCOCC1)c1cccc([C@H]2CCCN(C(=O)Nc3ccc(Cl)cc3)C2)c1. The molecule has 2 saturated heterocycles. The number of nitrogens with zero attached hydrogens (tertiary/aromatic N) is 2. The summed E-state index contributed by atoms with van der Waals surface area (Å²) in [5.41, 5.74) is 2.50. The molecule has 2 aromatic rings. The summed E-state index contributed by atoms with van der Waals surface area (Å²) in [6.07, 6.45) is 2.85. The van der Waals surface area contributed by atoms with Crippen LogP contribution in [0.15, 0.2) is 48.5 Å². The van der Waals surface area contributed by atoms with Crippen LogP contribution in [0.1, 0.15) is 41.1 Å². The molecule has 2 aliphatic rings. The van der Waals surface area contributed by atoms with Crippen LogP contribution >= 0.6 is 11.6 Å². The van der Waals surface area contributed by atoms with Gasteiger partial charge in [0.25, 0.3) is 5.91 Å². The Morgan fingerprint density at radius 2 is 1.85 bits per heavy atom. The van der Waals surface area contributed by atoms with Crippen LogP contribution in [0.5, 0.6) is 0 Å². The molecule has 0 bridgehead atoms. The van der Waals surface area contributed by atoms with Gasteiger partial charge in [0, 0.05) is 54.9 Å². The lowest BCUT2D eigenvalue weighted by atomic mass is 9.89. The Morgan fingerprint density at radius 1 is 1.06 bits per heavy atom. The normalized spacial score (nSPS) is 19.0. The van der Waals surface area contributed by atoms with Crippen molar-refractivity contribution in [3.05, 3.63) is 64.7 Å². The minimum atomic E-state index is -0.110. The number of benzene rings is 2. The van der Waals surface area contributed by atoms with E-state index in [1.165, 1.54) is 0 Å². The monoisotopic (exact) mass is 484 g/mol. The van der Waals surface area contributed by atoms with E-state index in [-0.39, 0.29) is 17.9 Å². The lowest BCUT2D eigenvalue weighted by molar-refractivity contribution is 0.0374. The fourth-order valence-corrected chi connectivity index (χ4v) is 4.66. The number of halogens is 1. The van der Waals surface area contributed by atoms with Gasteiger partial charge in [-0.25, -0.2) is 4.79 Å². The highest BCUT2D eigenvalue weighted by Crippen LogP contribution is 2.28. The molecule has 2 heterocycles. The number of hydrogen-bond donors (Lipinski definition) is 2. The lowest BCUT2D eigenvalue weighted by Gasteiger charge is -2.33. The van der Waals surface area contributed by atoms with Gasteiger partial charge in [0.05, 0.1) is 13.2 Å². The number of nitrogens with one attached hydrogen (secondary N) is 2. The van der Waals surface area contributed by atoms with Gasteiger partial charge in [0.2, 0.25) is 0 Å². The van der Waals surface area contributed by atoms with Crippen molar-refractivity contribution in [3.63, 3.8) is 0 Å². The van der Waals surface area contributed by atoms with Crippen molar-refractivity contribution in [1.82, 2.24) is 15.1 Å². The van der Waals surface area contributed by atoms with Gasteiger partial charge in [-0.15, -0.1) is 0 Å². The molecule has 2 fully saturated rings. The van der Waals surface area contributed by atoms with Gasteiger partial charge >= 0.3 is 6.03 Å². The number of likely N-dealkylation sites (tertiary alicyclic amines) is 1. The van der Waals surface area contributed by atoms with Crippen molar-refractivity contribution in [1.29, 1.82) is 0 Å². The van der Waals surface area contributed by atoms with Crippen LogP contribution < -0.4 is 10.6 Å². The van der Waals surface area contributed by atoms with Gasteiger partial charge in [0.1, 0.15) is 0 Å². The molecular weight excluding hydrogens is 452 g/mol. The van der Waals surface area contributed by atoms with Crippen molar-refractivity contribution in [2.75, 3.05) is 57.8 Å². The lowest BCUT2D eigenvalue weighted by Crippen LogP contribution is -2.41. The maximum absolute atomic E-state index is 12.8. The molecule has 2 aliphatic heterocycles. The van der Waals surface area contributed by atoms with Crippen molar-refractivity contribution < 1.29 is 14.3 Å². The van der Waals surface area contributed by atoms with E-state index in [9.17, 15) is 9.59 Å². The van der Waals surface area contributed by atoms with Crippen molar-refractivity contribution in [2.45, 2.75) is 25.2 Å². The average molecular weight is 485 g/mol. The highest BCUT2D eigenvalue weighted by atomic mass is 35.5. The van der Waals surface area contributed by atoms with Gasteiger partial charge in [-0.1, -0.05) is 23.7 Å². The predicted octanol–water partition coefficient (Wildman–Crippen LogP) is 4.20. The van der Waals surface area contributed by atoms with E-state index in [4.69, 9.17) is 16.3 Å². The summed E-state index contributed by atoms with van der Waals surface area (Å²) in [5, 5.41) is 6.63. The first kappa shape index (κ1) is 24.5. The van der Waals surface area contributed by atoms with E-state index in [1.807, 2.05) is 23.1 Å². The Morgan fingerprint density at radius 3 is 2.65 bits per heavy atom. The topological polar surface area (TPSA) is 73.9 Å². The third-order valence-electron chi connectivity index (χ3n) is 6.46. The quantitative estimate of drug-likeness (QED) is 0.577. The second-order valence-corrected chi connectivity index (χ2v) is 9.35. The summed E-state index contributed by atoms with van der Waals surface area (Å²) < 4.78 is 5.37. The Labute approximate surface area is 206 Å². The van der Waals surface area contributed by atoms with Crippen LogP contribution in [0.2, 0.25) is 5.02 Å². The first-order chi connectivity index (χ1) is 16.6. The number of carbonyl (C=O) groups excluding carboxylic acids is 2. The number of hydrogen-bond acceptors (Lipinski definition) is 4. The largest absolute Gasteiger partial charge is 0.379 e. The maximum Gasteiger partial charge on any atom is 0.321 e. The van der Waals surface area contributed by atoms with Crippen LogP contribution in [0, 0.1) is 0 Å². The van der Waals surface area contributed by atoms with Gasteiger partial charge in [-0.05, 0) is 67.8 Å². The summed E-state index contributed by atoms with van der Waals surface area (Å²) in [5.74, 6) is 0.163. The summed E-state index contributed by atoms with van der Waals surface area (Å²) in [7, 11) is 0. The Balaban J connectivity index is 1.28. The summed E-state index contributed by atoms with van der Waals surface area (Å²) in [6.45, 7) is 6.49. The van der Waals surface area contributed by atoms with E-state index in [0.29, 0.717) is 23.7 Å². The molecule has 0 aliphatic carbocycles. The first-order valence-corrected chi connectivity index (χ1v) is 12.5. The third-order valence-corrected chi connectivity index (χ3v) is 6.72. The fraction of sp³-hybridized carbons (Fsp3) is 0.462. The molecule has 0 radical (unpaired) electrons. The van der Waals surface area contributed by atoms with Crippen molar-refractivity contribution in [3.8, 4) is 0 Å². The van der Waals surface area contributed by atoms with Crippen LogP contribution in [0.3, 0.4) is 0 Å². The van der Waals surface area contributed by atoms with Crippen LogP contribution in [-0.4, -0.2) is 74.2 Å². The van der Waals surface area contributed by atoms with Crippen LogP contribution in [0.25, 0.3) is 0 Å². The molecule has 8 heteroatoms. The Kier molecular flexibility index (Phi) is 8.79. The maximum atomic E-state index is 12.8. The molecule has 0 aromatic heterocycles. The minimum absolute atomic E-state index is 0.0445. The molecule has 182 valence electrons. The van der Waals surface area contributed by atoms with Crippen LogP contribution in [0.4, 0.5) is 10.5 Å². The Hall–Kier alpha value is -2.61. The van der Waals surface area contributed by atoms with Gasteiger partial charge in [-0.3, -0.25) is 9.69 Å². The molecular formula is C26H33ClN4O3. The smallest absolute Gasteiger partial charge is 0.321 e. The predicted molar refractivity (Wildman–Crippen MR) is 135 cm³/mol. The summed E-state index contributed by atoms with van der Waals surface area (Å²) in [6, 6.07) is 14.8. The highest BCUT2D eigenvalue weighted by molar-refractivity contribution is 6.30. The third kappa shape index (κ3) is 6.95. The Bertz CT molecular complexity index is 963. The van der Waals surface area contributed by atoms with Gasteiger partial charge in [0.15, 0.2) is 0 Å². The highest BCUT2D eigenvalue weighted by Gasteiger charge is 2.25. The second-order valence-electron chi connectivity index (χ2n) is 8.91. The molecule has 1 atom stereocenters. The summed E-state index contributed by atoms with van der Waals surface area (Å²) in [4.78, 5) is 29.7. The van der Waals surface area contributed by atoms with E-state index >= 15 is 0 Å². The molecule has 2 aromatic carbocycles. The molecule has 7 nitrogen and oxygen atoms in total. The summed E-state index contributed by atoms with van der Waals surface area (Å²) >= 11 is 5.93. The van der Waals surface area contributed by atoms with Gasteiger partial charge < -0.3 is 20.3 Å². The number of carbonyl (C=O) groups is 2. The van der Waals surface area contributed by atoms with Crippen molar-refractivity contribution >= 4 is 29.2 Å². The molecule has 34 heavy (non-hydrogen) atoms. The minimum Gasteiger partial charge on any atom is -0.379 e. The number of ether oxygens (including phenoxy) is 1. The molecule has 0 unspecified atom stereocenters. The first-order valence-electron chi connectivity index (χ1n) is 12.1. The molecule has 4 rings (SSSR count). The van der Waals surface area contributed by atoms with E-state index in [2.05, 4.69) is 21.6 Å². The van der Waals surface area contributed by atoms with Gasteiger partial charge in [-0.2, -0.15) is 0 Å². The number of piperidine rings is 1. The number of amides is 3. The van der Waals surface area contributed by atoms with Crippen LogP contribution in [-0.2, 0) is 4.74 Å². The molecule has 0 spiro atoms. The zero-order valence-electron chi connectivity index (χ0n) is 19.5. The second kappa shape index (κ2) is 12.2. The van der Waals surface area contributed by atoms with E-state index < -0.39 is 0 Å². The molecule has 3 amide bonds. The number of rotatable bonds is 7. The van der Waals surface area contributed by atoms with E-state index in [1.54, 1.807) is 24.3 Å². The van der Waals surface area contributed by atoms with E-state index in [0.717, 1.165) is 69.9 Å². The van der Waals surface area contributed by atoms with Crippen molar-refractivity contribution in [2.24, 2.45) is 0 Å². The number of anilines is 1. The number of morpholine rings is 1. The number of urea groups is 1. The fourth-order valence-electron chi connectivity index (χ4n) is 4.53. The average Bonchev–Trinajstić information content (AvgIpc) is 2.88. The molecule has 2 N–H and O–H groups in total. The zero-order valence-corrected chi connectivity index (χ0v) is 20.2. The standard InChI is InChI=1S/C26H33ClN4O3/c27-23-7-9-24(10-8-23)29-26(33)31-13-2-6-22(19-31)20-4-1-5-21(18-20)25(32)28-11-3-12-30-14-16-34-17-15-30/h1,4-5,7-10,18,22H,2-3,6,11-17,19H2,(H,28,32)(H,29,33)/t22-/m0/s1. The molecule has 0 saturated carbocycles. The zero-order chi connectivity index (χ0) is 23.8.